The van der Waals surface area contributed by atoms with Crippen molar-refractivity contribution in [3.8, 4) is 0 Å². The van der Waals surface area contributed by atoms with Crippen LogP contribution < -0.4 is 5.32 Å². The molecule has 1 N–H and O–H groups in total. The number of hydrogen-bond acceptors (Lipinski definition) is 1. The summed E-state index contributed by atoms with van der Waals surface area (Å²) in [5.74, 6) is 0.645. The normalized spacial score (nSPS) is 13.5. The van der Waals surface area contributed by atoms with Gasteiger partial charge in [0, 0.05) is 12.1 Å². The number of unbranched alkanes of at least 4 members (excludes halogenated alkanes) is 2. The van der Waals surface area contributed by atoms with Crippen molar-refractivity contribution in [3.05, 3.63) is 35.4 Å². The summed E-state index contributed by atoms with van der Waals surface area (Å²) in [6.45, 7) is 12.2. The van der Waals surface area contributed by atoms with E-state index >= 15 is 0 Å². The van der Waals surface area contributed by atoms with Gasteiger partial charge >= 0.3 is 0 Å². The predicted molar refractivity (Wildman–Crippen MR) is 85.8 cm³/mol. The summed E-state index contributed by atoms with van der Waals surface area (Å²) in [4.78, 5) is 0. The van der Waals surface area contributed by atoms with Crippen LogP contribution in [0.2, 0.25) is 0 Å². The summed E-state index contributed by atoms with van der Waals surface area (Å²) in [6, 6.07) is 9.07. The molecule has 0 radical (unpaired) electrons. The SMILES string of the molecule is CCCCCC(CNC(C)(C)C)c1ccc(C)cc1. The van der Waals surface area contributed by atoms with Gasteiger partial charge in [-0.05, 0) is 45.6 Å². The standard InChI is InChI=1S/C18H31N/c1-6-7-8-9-17(14-19-18(3,4)5)16-12-10-15(2)11-13-16/h10-13,17,19H,6-9,14H2,1-5H3. The van der Waals surface area contributed by atoms with Crippen LogP contribution in [0.5, 0.6) is 0 Å². The van der Waals surface area contributed by atoms with E-state index in [0.717, 1.165) is 6.54 Å². The Balaban J connectivity index is 2.65. The van der Waals surface area contributed by atoms with Crippen LogP contribution >= 0.6 is 0 Å². The highest BCUT2D eigenvalue weighted by Gasteiger charge is 2.15. The van der Waals surface area contributed by atoms with E-state index in [9.17, 15) is 0 Å². The number of rotatable bonds is 7. The van der Waals surface area contributed by atoms with Gasteiger partial charge in [0.2, 0.25) is 0 Å². The molecule has 1 rings (SSSR count). The van der Waals surface area contributed by atoms with Crippen LogP contribution in [0.3, 0.4) is 0 Å². The first-order chi connectivity index (χ1) is 8.92. The van der Waals surface area contributed by atoms with Gasteiger partial charge in [-0.3, -0.25) is 0 Å². The summed E-state index contributed by atoms with van der Waals surface area (Å²) < 4.78 is 0. The van der Waals surface area contributed by atoms with Crippen LogP contribution in [0.1, 0.15) is 70.4 Å². The maximum Gasteiger partial charge on any atom is 0.00967 e. The van der Waals surface area contributed by atoms with E-state index in [1.165, 1.54) is 36.8 Å². The van der Waals surface area contributed by atoms with Gasteiger partial charge in [-0.2, -0.15) is 0 Å². The maximum absolute atomic E-state index is 3.66. The maximum atomic E-state index is 3.66. The van der Waals surface area contributed by atoms with Gasteiger partial charge < -0.3 is 5.32 Å². The highest BCUT2D eigenvalue weighted by atomic mass is 14.9. The van der Waals surface area contributed by atoms with Gasteiger partial charge in [0.25, 0.3) is 0 Å². The molecule has 1 atom stereocenters. The minimum atomic E-state index is 0.202. The first-order valence-corrected chi connectivity index (χ1v) is 7.74. The van der Waals surface area contributed by atoms with Crippen molar-refractivity contribution < 1.29 is 0 Å². The predicted octanol–water partition coefficient (Wildman–Crippen LogP) is 5.05. The molecule has 0 saturated carbocycles. The van der Waals surface area contributed by atoms with Gasteiger partial charge in [-0.25, -0.2) is 0 Å². The minimum absolute atomic E-state index is 0.202. The lowest BCUT2D eigenvalue weighted by molar-refractivity contribution is 0.394. The van der Waals surface area contributed by atoms with E-state index in [2.05, 4.69) is 64.2 Å². The van der Waals surface area contributed by atoms with Crippen molar-refractivity contribution >= 4 is 0 Å². The number of aryl methyl sites for hydroxylation is 1. The molecule has 0 aliphatic carbocycles. The Morgan fingerprint density at radius 3 is 2.21 bits per heavy atom. The van der Waals surface area contributed by atoms with Gasteiger partial charge in [0.15, 0.2) is 0 Å². The highest BCUT2D eigenvalue weighted by Crippen LogP contribution is 2.23. The van der Waals surface area contributed by atoms with E-state index in [1.54, 1.807) is 0 Å². The van der Waals surface area contributed by atoms with Crippen LogP contribution in [0.15, 0.2) is 24.3 Å². The largest absolute Gasteiger partial charge is 0.311 e. The van der Waals surface area contributed by atoms with Crippen LogP contribution in [0.4, 0.5) is 0 Å². The van der Waals surface area contributed by atoms with Gasteiger partial charge in [-0.15, -0.1) is 0 Å². The Bertz CT molecular complexity index is 345. The fraction of sp³-hybridized carbons (Fsp3) is 0.667. The first-order valence-electron chi connectivity index (χ1n) is 7.74. The van der Waals surface area contributed by atoms with Gasteiger partial charge in [0.05, 0.1) is 0 Å². The monoisotopic (exact) mass is 261 g/mol. The second-order valence-corrected chi connectivity index (χ2v) is 6.73. The molecule has 0 heterocycles. The molecule has 1 heteroatoms. The lowest BCUT2D eigenvalue weighted by Gasteiger charge is -2.26. The summed E-state index contributed by atoms with van der Waals surface area (Å²) in [7, 11) is 0. The molecular weight excluding hydrogens is 230 g/mol. The van der Waals surface area contributed by atoms with E-state index in [4.69, 9.17) is 0 Å². The molecular formula is C18H31N. The molecule has 0 aromatic heterocycles. The molecule has 19 heavy (non-hydrogen) atoms. The molecule has 1 aromatic carbocycles. The Morgan fingerprint density at radius 1 is 1.05 bits per heavy atom. The molecule has 0 aliphatic heterocycles. The molecule has 0 aliphatic rings. The third kappa shape index (κ3) is 6.77. The number of benzene rings is 1. The zero-order chi connectivity index (χ0) is 14.3. The molecule has 108 valence electrons. The summed E-state index contributed by atoms with van der Waals surface area (Å²) in [6.07, 6.45) is 5.27. The molecule has 0 fully saturated rings. The van der Waals surface area contributed by atoms with Crippen molar-refractivity contribution in [2.24, 2.45) is 0 Å². The first kappa shape index (κ1) is 16.2. The molecule has 0 saturated heterocycles. The van der Waals surface area contributed by atoms with Crippen molar-refractivity contribution in [1.29, 1.82) is 0 Å². The Kier molecular flexibility index (Phi) is 6.57. The molecule has 0 amide bonds. The third-order valence-corrected chi connectivity index (χ3v) is 3.58. The molecule has 1 aromatic rings. The zero-order valence-corrected chi connectivity index (χ0v) is 13.4. The Morgan fingerprint density at radius 2 is 1.68 bits per heavy atom. The average molecular weight is 261 g/mol. The zero-order valence-electron chi connectivity index (χ0n) is 13.4. The minimum Gasteiger partial charge on any atom is -0.311 e. The number of hydrogen-bond donors (Lipinski definition) is 1. The Hall–Kier alpha value is -0.820. The second-order valence-electron chi connectivity index (χ2n) is 6.73. The fourth-order valence-electron chi connectivity index (χ4n) is 2.30. The summed E-state index contributed by atoms with van der Waals surface area (Å²) in [5.41, 5.74) is 3.03. The smallest absolute Gasteiger partial charge is 0.00967 e. The van der Waals surface area contributed by atoms with E-state index < -0.39 is 0 Å². The van der Waals surface area contributed by atoms with Crippen molar-refractivity contribution in [1.82, 2.24) is 5.32 Å². The fourth-order valence-corrected chi connectivity index (χ4v) is 2.30. The van der Waals surface area contributed by atoms with E-state index in [-0.39, 0.29) is 5.54 Å². The van der Waals surface area contributed by atoms with Crippen LogP contribution in [-0.2, 0) is 0 Å². The van der Waals surface area contributed by atoms with Crippen molar-refractivity contribution in [2.75, 3.05) is 6.54 Å². The number of nitrogens with one attached hydrogen (secondary N) is 1. The van der Waals surface area contributed by atoms with Gasteiger partial charge in [-0.1, -0.05) is 56.0 Å². The van der Waals surface area contributed by atoms with Crippen molar-refractivity contribution in [3.63, 3.8) is 0 Å². The lowest BCUT2D eigenvalue weighted by Crippen LogP contribution is -2.38. The molecule has 0 spiro atoms. The quantitative estimate of drug-likeness (QED) is 0.677. The molecule has 1 nitrogen and oxygen atoms in total. The van der Waals surface area contributed by atoms with Crippen molar-refractivity contribution in [2.45, 2.75) is 71.8 Å². The highest BCUT2D eigenvalue weighted by molar-refractivity contribution is 5.24. The average Bonchev–Trinajstić information content (AvgIpc) is 2.34. The van der Waals surface area contributed by atoms with E-state index in [1.807, 2.05) is 0 Å². The summed E-state index contributed by atoms with van der Waals surface area (Å²) in [5, 5.41) is 3.66. The summed E-state index contributed by atoms with van der Waals surface area (Å²) >= 11 is 0. The van der Waals surface area contributed by atoms with Crippen LogP contribution in [0, 0.1) is 6.92 Å². The molecule has 0 bridgehead atoms. The third-order valence-electron chi connectivity index (χ3n) is 3.58. The van der Waals surface area contributed by atoms with Crippen LogP contribution in [0.25, 0.3) is 0 Å². The lowest BCUT2D eigenvalue weighted by atomic mass is 9.91. The second kappa shape index (κ2) is 7.69. The molecule has 1 unspecified atom stereocenters. The van der Waals surface area contributed by atoms with Gasteiger partial charge in [0.1, 0.15) is 0 Å². The van der Waals surface area contributed by atoms with E-state index in [0.29, 0.717) is 5.92 Å². The Labute approximate surface area is 119 Å². The topological polar surface area (TPSA) is 12.0 Å². The van der Waals surface area contributed by atoms with Crippen LogP contribution in [-0.4, -0.2) is 12.1 Å².